The summed E-state index contributed by atoms with van der Waals surface area (Å²) in [7, 11) is 0. The number of nitrogens with zero attached hydrogens (tertiary/aromatic N) is 1. The number of ether oxygens (including phenoxy) is 1. The Morgan fingerprint density at radius 1 is 1.03 bits per heavy atom. The number of hydrogen-bond acceptors (Lipinski definition) is 4. The molecule has 0 atom stereocenters. The fraction of sp³-hybridized carbons (Fsp3) is 0.167. The number of benzene rings is 2. The van der Waals surface area contributed by atoms with Crippen LogP contribution in [0.3, 0.4) is 0 Å². The second-order valence-electron chi connectivity index (χ2n) is 7.32. The predicted octanol–water partition coefficient (Wildman–Crippen LogP) is 5.19. The molecule has 0 fully saturated rings. The molecule has 0 amide bonds. The Balaban J connectivity index is 1.73. The summed E-state index contributed by atoms with van der Waals surface area (Å²) >= 11 is 6.16. The van der Waals surface area contributed by atoms with Crippen LogP contribution in [0.1, 0.15) is 46.3 Å². The third-order valence-corrected chi connectivity index (χ3v) is 5.48. The zero-order valence-electron chi connectivity index (χ0n) is 16.6. The van der Waals surface area contributed by atoms with Crippen LogP contribution in [0.5, 0.6) is 5.88 Å². The number of carboxylic acid groups (broad SMARTS) is 1. The topological polar surface area (TPSA) is 62.2 Å². The summed E-state index contributed by atoms with van der Waals surface area (Å²) < 4.78 is 46.7. The van der Waals surface area contributed by atoms with Crippen molar-refractivity contribution in [2.24, 2.45) is 0 Å². The van der Waals surface area contributed by atoms with Gasteiger partial charge in [0.2, 0.25) is 5.88 Å². The van der Waals surface area contributed by atoms with Gasteiger partial charge in [0.1, 0.15) is 24.1 Å². The van der Waals surface area contributed by atoms with Crippen LogP contribution in [0.25, 0.3) is 11.1 Å². The van der Waals surface area contributed by atoms with Crippen molar-refractivity contribution >= 4 is 28.7 Å². The number of allylic oxidation sites excluding steroid dienone is 2. The highest BCUT2D eigenvalue weighted by atomic mass is 35.5. The molecule has 0 N–H and O–H groups in total. The van der Waals surface area contributed by atoms with Crippen molar-refractivity contribution < 1.29 is 27.8 Å². The van der Waals surface area contributed by atoms with Crippen molar-refractivity contribution in [2.45, 2.75) is 25.9 Å². The van der Waals surface area contributed by atoms with Gasteiger partial charge in [0, 0.05) is 29.0 Å². The maximum atomic E-state index is 14.0. The zero-order valence-corrected chi connectivity index (χ0v) is 17.4. The Hall–Kier alpha value is -3.32. The molecule has 4 nitrogen and oxygen atoms in total. The van der Waals surface area contributed by atoms with E-state index in [4.69, 9.17) is 16.3 Å². The van der Waals surface area contributed by atoms with Crippen LogP contribution in [0, 0.1) is 17.5 Å². The lowest BCUT2D eigenvalue weighted by molar-refractivity contribution is -0.255. The molecule has 0 saturated heterocycles. The molecule has 4 rings (SSSR count). The number of pyridine rings is 1. The monoisotopic (exact) mass is 458 g/mol. The highest BCUT2D eigenvalue weighted by molar-refractivity contribution is 6.30. The number of rotatable bonds is 6. The molecular weight excluding hydrogens is 443 g/mol. The summed E-state index contributed by atoms with van der Waals surface area (Å²) in [4.78, 5) is 15.5. The molecule has 0 radical (unpaired) electrons. The lowest BCUT2D eigenvalue weighted by atomic mass is 9.96. The van der Waals surface area contributed by atoms with E-state index in [0.717, 1.165) is 35.8 Å². The van der Waals surface area contributed by atoms with Gasteiger partial charge < -0.3 is 14.6 Å². The first-order chi connectivity index (χ1) is 15.3. The molecule has 0 spiro atoms. The van der Waals surface area contributed by atoms with E-state index < -0.39 is 29.0 Å². The summed E-state index contributed by atoms with van der Waals surface area (Å²) in [6, 6.07) is 8.71. The molecule has 1 aromatic heterocycles. The molecule has 0 bridgehead atoms. The fourth-order valence-corrected chi connectivity index (χ4v) is 3.93. The van der Waals surface area contributed by atoms with Crippen LogP contribution in [-0.2, 0) is 6.61 Å². The van der Waals surface area contributed by atoms with Gasteiger partial charge in [-0.1, -0.05) is 17.7 Å². The largest absolute Gasteiger partial charge is 0.545 e. The van der Waals surface area contributed by atoms with Gasteiger partial charge in [0.25, 0.3) is 0 Å². The first-order valence-corrected chi connectivity index (χ1v) is 10.2. The van der Waals surface area contributed by atoms with Crippen LogP contribution >= 0.6 is 11.6 Å². The van der Waals surface area contributed by atoms with Crippen molar-refractivity contribution in [3.05, 3.63) is 93.4 Å². The van der Waals surface area contributed by atoms with Crippen LogP contribution in [0.2, 0.25) is 5.02 Å². The highest BCUT2D eigenvalue weighted by Gasteiger charge is 2.23. The molecule has 0 saturated carbocycles. The standard InChI is InChI=1S/C24H17ClF3NO3/c25-15-9-19(23(29-11-15)32-12-14-4-6-16(26)10-22(14)28)18-3-1-2-17(18)13-5-7-21(27)20(8-13)24(30)31/h4-11H,1-3,12H2,(H,30,31)/p-1. The van der Waals surface area contributed by atoms with Gasteiger partial charge in [-0.2, -0.15) is 0 Å². The summed E-state index contributed by atoms with van der Waals surface area (Å²) in [6.07, 6.45) is 3.44. The van der Waals surface area contributed by atoms with Crippen LogP contribution in [0.15, 0.2) is 48.7 Å². The molecule has 1 aliphatic carbocycles. The van der Waals surface area contributed by atoms with Crippen LogP contribution in [-0.4, -0.2) is 11.0 Å². The van der Waals surface area contributed by atoms with E-state index >= 15 is 0 Å². The number of carbonyl (C=O) groups excluding carboxylic acids is 1. The second kappa shape index (κ2) is 9.04. The minimum atomic E-state index is -1.60. The molecular formula is C24H16ClF3NO3-. The molecule has 1 aliphatic rings. The van der Waals surface area contributed by atoms with E-state index in [-0.39, 0.29) is 18.1 Å². The van der Waals surface area contributed by atoms with Gasteiger partial charge in [-0.25, -0.2) is 18.2 Å². The van der Waals surface area contributed by atoms with E-state index in [1.54, 1.807) is 6.07 Å². The summed E-state index contributed by atoms with van der Waals surface area (Å²) in [5, 5.41) is 11.6. The number of halogens is 4. The molecule has 164 valence electrons. The molecule has 1 heterocycles. The Bertz CT molecular complexity index is 1240. The normalized spacial score (nSPS) is 13.5. The van der Waals surface area contributed by atoms with Crippen LogP contribution in [0.4, 0.5) is 13.2 Å². The smallest absolute Gasteiger partial charge is 0.221 e. The first-order valence-electron chi connectivity index (χ1n) is 9.79. The zero-order chi connectivity index (χ0) is 22.8. The Labute approximate surface area is 186 Å². The van der Waals surface area contributed by atoms with Gasteiger partial charge in [0.15, 0.2) is 0 Å². The third kappa shape index (κ3) is 4.48. The Kier molecular flexibility index (Phi) is 6.19. The molecule has 2 aromatic carbocycles. The average molecular weight is 459 g/mol. The van der Waals surface area contributed by atoms with Crippen molar-refractivity contribution in [1.82, 2.24) is 4.98 Å². The van der Waals surface area contributed by atoms with E-state index in [2.05, 4.69) is 4.98 Å². The van der Waals surface area contributed by atoms with Gasteiger partial charge in [-0.3, -0.25) is 0 Å². The Morgan fingerprint density at radius 3 is 2.56 bits per heavy atom. The maximum Gasteiger partial charge on any atom is 0.221 e. The van der Waals surface area contributed by atoms with E-state index in [9.17, 15) is 23.1 Å². The second-order valence-corrected chi connectivity index (χ2v) is 7.76. The molecule has 0 aliphatic heterocycles. The van der Waals surface area contributed by atoms with Gasteiger partial charge in [-0.15, -0.1) is 0 Å². The lowest BCUT2D eigenvalue weighted by Crippen LogP contribution is -2.23. The fourth-order valence-electron chi connectivity index (χ4n) is 3.77. The van der Waals surface area contributed by atoms with E-state index in [1.807, 2.05) is 0 Å². The first kappa shape index (κ1) is 21.9. The van der Waals surface area contributed by atoms with Crippen molar-refractivity contribution in [3.8, 4) is 5.88 Å². The summed E-state index contributed by atoms with van der Waals surface area (Å²) in [5.74, 6) is -3.69. The predicted molar refractivity (Wildman–Crippen MR) is 111 cm³/mol. The number of carboxylic acids is 1. The molecule has 8 heteroatoms. The lowest BCUT2D eigenvalue weighted by Gasteiger charge is -2.15. The number of aromatic carboxylic acids is 1. The number of hydrogen-bond donors (Lipinski definition) is 0. The SMILES string of the molecule is O=C([O-])c1cc(C2=C(c3cc(Cl)cnc3OCc3ccc(F)cc3F)CCC2)ccc1F. The Morgan fingerprint density at radius 2 is 1.81 bits per heavy atom. The number of carbonyl (C=O) groups is 1. The number of aromatic nitrogens is 1. The molecule has 32 heavy (non-hydrogen) atoms. The van der Waals surface area contributed by atoms with Crippen molar-refractivity contribution in [2.75, 3.05) is 0 Å². The molecule has 3 aromatic rings. The maximum absolute atomic E-state index is 14.0. The summed E-state index contributed by atoms with van der Waals surface area (Å²) in [5.41, 5.74) is 2.40. The van der Waals surface area contributed by atoms with Crippen molar-refractivity contribution in [3.63, 3.8) is 0 Å². The average Bonchev–Trinajstić information content (AvgIpc) is 3.23. The van der Waals surface area contributed by atoms with Gasteiger partial charge in [0.05, 0.1) is 11.0 Å². The highest BCUT2D eigenvalue weighted by Crippen LogP contribution is 2.43. The van der Waals surface area contributed by atoms with Gasteiger partial charge >= 0.3 is 0 Å². The van der Waals surface area contributed by atoms with Crippen LogP contribution < -0.4 is 9.84 Å². The van der Waals surface area contributed by atoms with E-state index in [0.29, 0.717) is 29.0 Å². The van der Waals surface area contributed by atoms with Crippen molar-refractivity contribution in [1.29, 1.82) is 0 Å². The van der Waals surface area contributed by atoms with Gasteiger partial charge in [-0.05, 0) is 66.3 Å². The summed E-state index contributed by atoms with van der Waals surface area (Å²) in [6.45, 7) is -0.179. The van der Waals surface area contributed by atoms with E-state index in [1.165, 1.54) is 24.4 Å². The minimum Gasteiger partial charge on any atom is -0.545 e. The minimum absolute atomic E-state index is 0.159. The third-order valence-electron chi connectivity index (χ3n) is 5.27. The molecule has 0 unspecified atom stereocenters. The quantitative estimate of drug-likeness (QED) is 0.510.